The van der Waals surface area contributed by atoms with Gasteiger partial charge >= 0.3 is 0 Å². The van der Waals surface area contributed by atoms with Crippen molar-refractivity contribution in [1.82, 2.24) is 9.88 Å². The summed E-state index contributed by atoms with van der Waals surface area (Å²) in [6.07, 6.45) is 1.51. The van der Waals surface area contributed by atoms with Gasteiger partial charge in [0.25, 0.3) is 10.0 Å². The van der Waals surface area contributed by atoms with Gasteiger partial charge in [-0.05, 0) is 51.7 Å². The highest BCUT2D eigenvalue weighted by Gasteiger charge is 2.17. The van der Waals surface area contributed by atoms with Crippen molar-refractivity contribution in [1.29, 1.82) is 0 Å². The number of likely N-dealkylation sites (N-methyl/N-ethyl adjacent to an activating group) is 1. The number of hydrogen-bond acceptors (Lipinski definition) is 5. The van der Waals surface area contributed by atoms with Gasteiger partial charge in [0.05, 0.1) is 16.8 Å². The number of nitrogens with zero attached hydrogens (tertiary/aromatic N) is 2. The van der Waals surface area contributed by atoms with E-state index in [4.69, 9.17) is 0 Å². The van der Waals surface area contributed by atoms with Gasteiger partial charge in [-0.1, -0.05) is 17.7 Å². The molecule has 24 heavy (non-hydrogen) atoms. The molecule has 0 amide bonds. The monoisotopic (exact) mass is 348 g/mol. The van der Waals surface area contributed by atoms with Gasteiger partial charge in [0.2, 0.25) is 0 Å². The Morgan fingerprint density at radius 1 is 1.12 bits per heavy atom. The van der Waals surface area contributed by atoms with E-state index >= 15 is 0 Å². The van der Waals surface area contributed by atoms with Crippen LogP contribution in [0.4, 0.5) is 11.5 Å². The fourth-order valence-electron chi connectivity index (χ4n) is 2.28. The van der Waals surface area contributed by atoms with Crippen LogP contribution in [0.5, 0.6) is 0 Å². The van der Waals surface area contributed by atoms with Gasteiger partial charge in [0.15, 0.2) is 0 Å². The number of pyridine rings is 1. The average molecular weight is 348 g/mol. The molecule has 0 spiro atoms. The molecule has 1 heterocycles. The highest BCUT2D eigenvalue weighted by molar-refractivity contribution is 7.92. The maximum atomic E-state index is 12.5. The highest BCUT2D eigenvalue weighted by atomic mass is 32.2. The molecule has 2 N–H and O–H groups in total. The van der Waals surface area contributed by atoms with E-state index in [1.165, 1.54) is 6.20 Å². The highest BCUT2D eigenvalue weighted by Crippen LogP contribution is 2.20. The fraction of sp³-hybridized carbons (Fsp3) is 0.353. The van der Waals surface area contributed by atoms with Gasteiger partial charge in [-0.25, -0.2) is 13.4 Å². The van der Waals surface area contributed by atoms with Crippen LogP contribution < -0.4 is 10.0 Å². The normalized spacial score (nSPS) is 11.5. The van der Waals surface area contributed by atoms with Crippen LogP contribution in [0.25, 0.3) is 0 Å². The Kier molecular flexibility index (Phi) is 5.80. The molecule has 0 aliphatic rings. The average Bonchev–Trinajstić information content (AvgIpc) is 2.48. The summed E-state index contributed by atoms with van der Waals surface area (Å²) in [5.41, 5.74) is 2.19. The smallest absolute Gasteiger partial charge is 0.262 e. The maximum Gasteiger partial charge on any atom is 0.262 e. The van der Waals surface area contributed by atoms with Gasteiger partial charge in [-0.2, -0.15) is 0 Å². The maximum absolute atomic E-state index is 12.5. The molecule has 130 valence electrons. The Balaban J connectivity index is 2.07. The van der Waals surface area contributed by atoms with E-state index < -0.39 is 10.0 Å². The Labute approximate surface area is 144 Å². The third-order valence-corrected chi connectivity index (χ3v) is 5.04. The topological polar surface area (TPSA) is 74.3 Å². The Hall–Kier alpha value is -2.12. The molecule has 0 unspecified atom stereocenters. The van der Waals surface area contributed by atoms with Crippen molar-refractivity contribution in [2.75, 3.05) is 37.2 Å². The van der Waals surface area contributed by atoms with Gasteiger partial charge in [-0.3, -0.25) is 4.72 Å². The zero-order valence-corrected chi connectivity index (χ0v) is 15.3. The molecule has 2 aromatic rings. The molecule has 7 heteroatoms. The second-order valence-electron chi connectivity index (χ2n) is 6.04. The summed E-state index contributed by atoms with van der Waals surface area (Å²) in [5.74, 6) is 0.714. The Morgan fingerprint density at radius 2 is 1.88 bits per heavy atom. The van der Waals surface area contributed by atoms with E-state index in [0.29, 0.717) is 11.5 Å². The molecule has 6 nitrogen and oxygen atoms in total. The number of hydrogen-bond donors (Lipinski definition) is 2. The van der Waals surface area contributed by atoms with Crippen LogP contribution in [0, 0.1) is 13.8 Å². The minimum atomic E-state index is -3.62. The van der Waals surface area contributed by atoms with E-state index in [-0.39, 0.29) is 4.90 Å². The minimum Gasteiger partial charge on any atom is -0.369 e. The lowest BCUT2D eigenvalue weighted by atomic mass is 10.2. The first-order valence-corrected chi connectivity index (χ1v) is 9.21. The number of anilines is 2. The predicted octanol–water partition coefficient (Wildman–Crippen LogP) is 2.47. The largest absolute Gasteiger partial charge is 0.369 e. The second kappa shape index (κ2) is 7.63. The van der Waals surface area contributed by atoms with Crippen molar-refractivity contribution in [3.63, 3.8) is 0 Å². The second-order valence-corrected chi connectivity index (χ2v) is 7.69. The van der Waals surface area contributed by atoms with Crippen molar-refractivity contribution in [2.24, 2.45) is 0 Å². The fourth-order valence-corrected chi connectivity index (χ4v) is 3.55. The first-order valence-electron chi connectivity index (χ1n) is 7.72. The van der Waals surface area contributed by atoms with Crippen LogP contribution in [0.2, 0.25) is 0 Å². The number of nitrogens with one attached hydrogen (secondary N) is 2. The van der Waals surface area contributed by atoms with Gasteiger partial charge in [0.1, 0.15) is 5.82 Å². The molecule has 2 rings (SSSR count). The van der Waals surface area contributed by atoms with Crippen molar-refractivity contribution in [3.8, 4) is 0 Å². The third-order valence-electron chi connectivity index (χ3n) is 3.50. The number of sulfonamides is 1. The zero-order chi connectivity index (χ0) is 17.7. The van der Waals surface area contributed by atoms with Gasteiger partial charge in [0, 0.05) is 13.1 Å². The number of benzene rings is 1. The zero-order valence-electron chi connectivity index (χ0n) is 14.5. The quantitative estimate of drug-likeness (QED) is 0.804. The van der Waals surface area contributed by atoms with Crippen LogP contribution >= 0.6 is 0 Å². The van der Waals surface area contributed by atoms with Crippen LogP contribution in [0.15, 0.2) is 41.4 Å². The standard InChI is InChI=1S/C17H24N4O2S/c1-13-5-7-16(14(2)11-13)24(22,23)20-15-6-8-17(19-12-15)18-9-10-21(3)4/h5-8,11-12,20H,9-10H2,1-4H3,(H,18,19). The van der Waals surface area contributed by atoms with Crippen molar-refractivity contribution < 1.29 is 8.42 Å². The van der Waals surface area contributed by atoms with Crippen LogP contribution in [-0.4, -0.2) is 45.5 Å². The molecule has 1 aromatic carbocycles. The van der Waals surface area contributed by atoms with E-state index in [1.807, 2.05) is 27.1 Å². The molecule has 0 fully saturated rings. The molecule has 0 atom stereocenters. The first kappa shape index (κ1) is 18.2. The molecule has 0 saturated carbocycles. The van der Waals surface area contributed by atoms with E-state index in [9.17, 15) is 8.42 Å². The molecular formula is C17H24N4O2S. The lowest BCUT2D eigenvalue weighted by Gasteiger charge is -2.12. The molecule has 0 radical (unpaired) electrons. The van der Waals surface area contributed by atoms with Crippen molar-refractivity contribution in [3.05, 3.63) is 47.7 Å². The SMILES string of the molecule is Cc1ccc(S(=O)(=O)Nc2ccc(NCCN(C)C)nc2)c(C)c1. The molecule has 0 bridgehead atoms. The minimum absolute atomic E-state index is 0.279. The van der Waals surface area contributed by atoms with E-state index in [1.54, 1.807) is 31.2 Å². The molecule has 0 saturated heterocycles. The van der Waals surface area contributed by atoms with Crippen molar-refractivity contribution >= 4 is 21.5 Å². The lowest BCUT2D eigenvalue weighted by Crippen LogP contribution is -2.21. The summed E-state index contributed by atoms with van der Waals surface area (Å²) in [6.45, 7) is 5.39. The number of aromatic nitrogens is 1. The molecular weight excluding hydrogens is 324 g/mol. The summed E-state index contributed by atoms with van der Waals surface area (Å²) in [7, 11) is 0.381. The molecule has 1 aromatic heterocycles. The summed E-state index contributed by atoms with van der Waals surface area (Å²) in [5, 5.41) is 3.18. The third kappa shape index (κ3) is 4.94. The number of aryl methyl sites for hydroxylation is 2. The van der Waals surface area contributed by atoms with E-state index in [2.05, 4.69) is 19.9 Å². The summed E-state index contributed by atoms with van der Waals surface area (Å²) in [4.78, 5) is 6.58. The Bertz CT molecular complexity index is 787. The molecule has 0 aliphatic carbocycles. The van der Waals surface area contributed by atoms with Gasteiger partial charge < -0.3 is 10.2 Å². The molecule has 0 aliphatic heterocycles. The number of rotatable bonds is 7. The van der Waals surface area contributed by atoms with Crippen LogP contribution in [-0.2, 0) is 10.0 Å². The summed E-state index contributed by atoms with van der Waals surface area (Å²) in [6, 6.07) is 8.72. The lowest BCUT2D eigenvalue weighted by molar-refractivity contribution is 0.425. The summed E-state index contributed by atoms with van der Waals surface area (Å²) < 4.78 is 27.6. The first-order chi connectivity index (χ1) is 11.3. The van der Waals surface area contributed by atoms with Crippen LogP contribution in [0.3, 0.4) is 0 Å². The van der Waals surface area contributed by atoms with Gasteiger partial charge in [-0.15, -0.1) is 0 Å². The predicted molar refractivity (Wildman–Crippen MR) is 98.0 cm³/mol. The van der Waals surface area contributed by atoms with Crippen molar-refractivity contribution in [2.45, 2.75) is 18.7 Å². The summed E-state index contributed by atoms with van der Waals surface area (Å²) >= 11 is 0. The van der Waals surface area contributed by atoms with Crippen LogP contribution in [0.1, 0.15) is 11.1 Å². The van der Waals surface area contributed by atoms with E-state index in [0.717, 1.165) is 24.2 Å². The Morgan fingerprint density at radius 3 is 2.46 bits per heavy atom.